The number of hydrogen-bond donors (Lipinski definition) is 1. The number of carbonyl (C=O) groups excluding carboxylic acids is 2. The third-order valence-electron chi connectivity index (χ3n) is 4.96. The molecule has 3 heterocycles. The zero-order chi connectivity index (χ0) is 14.3. The summed E-state index contributed by atoms with van der Waals surface area (Å²) < 4.78 is 0. The lowest BCUT2D eigenvalue weighted by Crippen LogP contribution is -2.51. The Kier molecular flexibility index (Phi) is 3.82. The lowest BCUT2D eigenvalue weighted by molar-refractivity contribution is -0.140. The Balaban J connectivity index is 1.58. The van der Waals surface area contributed by atoms with E-state index in [-0.39, 0.29) is 23.9 Å². The van der Waals surface area contributed by atoms with Gasteiger partial charge in [-0.05, 0) is 52.6 Å². The van der Waals surface area contributed by atoms with Gasteiger partial charge in [0.05, 0.1) is 12.5 Å². The third-order valence-corrected chi connectivity index (χ3v) is 4.96. The number of nitrogens with zero attached hydrogens (tertiary/aromatic N) is 2. The molecule has 0 radical (unpaired) electrons. The van der Waals surface area contributed by atoms with Crippen molar-refractivity contribution in [3.8, 4) is 0 Å². The monoisotopic (exact) mass is 279 g/mol. The lowest BCUT2D eigenvalue weighted by atomic mass is 9.96. The summed E-state index contributed by atoms with van der Waals surface area (Å²) in [6, 6.07) is 0.763. The quantitative estimate of drug-likeness (QED) is 0.774. The van der Waals surface area contributed by atoms with Crippen LogP contribution in [0.5, 0.6) is 0 Å². The van der Waals surface area contributed by atoms with E-state index in [2.05, 4.69) is 10.2 Å². The minimum Gasteiger partial charge on any atom is -0.303 e. The van der Waals surface area contributed by atoms with Crippen LogP contribution in [0, 0.1) is 0 Å². The molecule has 2 amide bonds. The Labute approximate surface area is 120 Å². The van der Waals surface area contributed by atoms with Crippen molar-refractivity contribution in [1.82, 2.24) is 15.1 Å². The van der Waals surface area contributed by atoms with Crippen LogP contribution in [-0.4, -0.2) is 58.9 Å². The number of nitrogens with one attached hydrogen (secondary N) is 1. The molecule has 20 heavy (non-hydrogen) atoms. The summed E-state index contributed by atoms with van der Waals surface area (Å²) in [6.07, 6.45) is 5.14. The minimum atomic E-state index is -0.289. The molecule has 3 atom stereocenters. The van der Waals surface area contributed by atoms with Crippen molar-refractivity contribution in [2.45, 2.75) is 70.1 Å². The van der Waals surface area contributed by atoms with Crippen LogP contribution in [0.2, 0.25) is 0 Å². The van der Waals surface area contributed by atoms with Gasteiger partial charge in [0.2, 0.25) is 11.8 Å². The third kappa shape index (κ3) is 2.49. The molecule has 0 aromatic heterocycles. The van der Waals surface area contributed by atoms with Crippen LogP contribution >= 0.6 is 0 Å². The van der Waals surface area contributed by atoms with Gasteiger partial charge < -0.3 is 10.2 Å². The topological polar surface area (TPSA) is 52.7 Å². The van der Waals surface area contributed by atoms with Crippen molar-refractivity contribution in [3.63, 3.8) is 0 Å². The maximum Gasteiger partial charge on any atom is 0.247 e. The van der Waals surface area contributed by atoms with Gasteiger partial charge in [-0.1, -0.05) is 0 Å². The molecule has 0 bridgehead atoms. The van der Waals surface area contributed by atoms with Gasteiger partial charge in [0, 0.05) is 18.1 Å². The van der Waals surface area contributed by atoms with E-state index in [0.717, 1.165) is 19.4 Å². The van der Waals surface area contributed by atoms with Gasteiger partial charge >= 0.3 is 0 Å². The second kappa shape index (κ2) is 5.45. The predicted octanol–water partition coefficient (Wildman–Crippen LogP) is 0.739. The van der Waals surface area contributed by atoms with Gasteiger partial charge in [-0.25, -0.2) is 0 Å². The number of carbonyl (C=O) groups is 2. The van der Waals surface area contributed by atoms with Crippen LogP contribution in [-0.2, 0) is 9.59 Å². The lowest BCUT2D eigenvalue weighted by Gasteiger charge is -2.36. The molecule has 3 rings (SSSR count). The summed E-state index contributed by atoms with van der Waals surface area (Å²) in [6.45, 7) is 6.16. The zero-order valence-electron chi connectivity index (χ0n) is 12.5. The molecule has 1 N–H and O–H groups in total. The fourth-order valence-corrected chi connectivity index (χ4v) is 3.98. The summed E-state index contributed by atoms with van der Waals surface area (Å²) in [7, 11) is 0. The van der Waals surface area contributed by atoms with Gasteiger partial charge in [-0.15, -0.1) is 0 Å². The molecule has 0 saturated carbocycles. The maximum atomic E-state index is 12.3. The van der Waals surface area contributed by atoms with E-state index < -0.39 is 0 Å². The highest BCUT2D eigenvalue weighted by Crippen LogP contribution is 2.28. The molecule has 0 spiro atoms. The van der Waals surface area contributed by atoms with Crippen molar-refractivity contribution in [2.24, 2.45) is 0 Å². The largest absolute Gasteiger partial charge is 0.303 e. The van der Waals surface area contributed by atoms with Crippen LogP contribution in [0.1, 0.15) is 46.0 Å². The van der Waals surface area contributed by atoms with Crippen molar-refractivity contribution in [3.05, 3.63) is 0 Å². The fraction of sp³-hybridized carbons (Fsp3) is 0.867. The van der Waals surface area contributed by atoms with Gasteiger partial charge in [-0.3, -0.25) is 14.5 Å². The van der Waals surface area contributed by atoms with Crippen molar-refractivity contribution in [2.75, 3.05) is 13.1 Å². The van der Waals surface area contributed by atoms with E-state index in [4.69, 9.17) is 0 Å². The molecule has 3 fully saturated rings. The predicted molar refractivity (Wildman–Crippen MR) is 76.1 cm³/mol. The smallest absolute Gasteiger partial charge is 0.247 e. The Morgan fingerprint density at radius 1 is 1.20 bits per heavy atom. The SMILES string of the molecule is CC(C)N1C(=O)CC(NC2CCN3CCCC3C2)C1=O. The molecule has 0 aromatic carbocycles. The number of piperidine rings is 1. The van der Waals surface area contributed by atoms with E-state index in [9.17, 15) is 9.59 Å². The van der Waals surface area contributed by atoms with Crippen LogP contribution in [0.4, 0.5) is 0 Å². The standard InChI is InChI=1S/C15H25N3O2/c1-10(2)18-14(19)9-13(15(18)20)16-11-5-7-17-6-3-4-12(17)8-11/h10-13,16H,3-9H2,1-2H3. The average Bonchev–Trinajstić information content (AvgIpc) is 2.94. The second-order valence-corrected chi connectivity index (χ2v) is 6.67. The number of imide groups is 1. The molecule has 5 heteroatoms. The van der Waals surface area contributed by atoms with E-state index in [1.54, 1.807) is 0 Å². The van der Waals surface area contributed by atoms with Crippen molar-refractivity contribution >= 4 is 11.8 Å². The number of hydrogen-bond acceptors (Lipinski definition) is 4. The van der Waals surface area contributed by atoms with E-state index in [1.807, 2.05) is 13.8 Å². The first-order valence-electron chi connectivity index (χ1n) is 7.92. The fourth-order valence-electron chi connectivity index (χ4n) is 3.98. The van der Waals surface area contributed by atoms with Gasteiger partial charge in [0.1, 0.15) is 0 Å². The average molecular weight is 279 g/mol. The first-order valence-corrected chi connectivity index (χ1v) is 7.92. The van der Waals surface area contributed by atoms with Crippen LogP contribution in [0.25, 0.3) is 0 Å². The highest BCUT2D eigenvalue weighted by molar-refractivity contribution is 6.05. The summed E-state index contributed by atoms with van der Waals surface area (Å²) >= 11 is 0. The van der Waals surface area contributed by atoms with Gasteiger partial charge in [-0.2, -0.15) is 0 Å². The van der Waals surface area contributed by atoms with Crippen molar-refractivity contribution in [1.29, 1.82) is 0 Å². The number of rotatable bonds is 3. The Hall–Kier alpha value is -0.940. The highest BCUT2D eigenvalue weighted by atomic mass is 16.2. The van der Waals surface area contributed by atoms with Gasteiger partial charge in [0.25, 0.3) is 0 Å². The molecular weight excluding hydrogens is 254 g/mol. The maximum absolute atomic E-state index is 12.3. The van der Waals surface area contributed by atoms with Gasteiger partial charge in [0.15, 0.2) is 0 Å². The molecule has 0 aliphatic carbocycles. The Morgan fingerprint density at radius 2 is 2.00 bits per heavy atom. The molecule has 0 aromatic rings. The van der Waals surface area contributed by atoms with Crippen LogP contribution < -0.4 is 5.32 Å². The molecule has 3 saturated heterocycles. The Bertz CT molecular complexity index is 410. The molecule has 112 valence electrons. The van der Waals surface area contributed by atoms with E-state index in [0.29, 0.717) is 18.5 Å². The Morgan fingerprint density at radius 3 is 2.70 bits per heavy atom. The van der Waals surface area contributed by atoms with E-state index in [1.165, 1.54) is 24.3 Å². The molecular formula is C15H25N3O2. The van der Waals surface area contributed by atoms with Crippen LogP contribution in [0.3, 0.4) is 0 Å². The first-order chi connectivity index (χ1) is 9.56. The highest BCUT2D eigenvalue weighted by Gasteiger charge is 2.41. The molecule has 5 nitrogen and oxygen atoms in total. The second-order valence-electron chi connectivity index (χ2n) is 6.67. The van der Waals surface area contributed by atoms with E-state index >= 15 is 0 Å². The first kappa shape index (κ1) is 14.0. The zero-order valence-corrected chi connectivity index (χ0v) is 12.5. The van der Waals surface area contributed by atoms with Crippen molar-refractivity contribution < 1.29 is 9.59 Å². The molecule has 3 aliphatic heterocycles. The number of amides is 2. The normalized spacial score (nSPS) is 35.1. The summed E-state index contributed by atoms with van der Waals surface area (Å²) in [5, 5.41) is 3.46. The molecule has 3 unspecified atom stereocenters. The summed E-state index contributed by atoms with van der Waals surface area (Å²) in [5.41, 5.74) is 0. The summed E-state index contributed by atoms with van der Waals surface area (Å²) in [5.74, 6) is -0.0559. The number of likely N-dealkylation sites (tertiary alicyclic amines) is 1. The minimum absolute atomic E-state index is 0.0270. The van der Waals surface area contributed by atoms with Crippen LogP contribution in [0.15, 0.2) is 0 Å². The molecule has 3 aliphatic rings. The number of fused-ring (bicyclic) bond motifs is 1. The summed E-state index contributed by atoms with van der Waals surface area (Å²) in [4.78, 5) is 28.2.